The second-order valence-corrected chi connectivity index (χ2v) is 23.7. The summed E-state index contributed by atoms with van der Waals surface area (Å²) in [6, 6.07) is 16.4. The Bertz CT molecular complexity index is 1790. The maximum absolute atomic E-state index is 5.24. The van der Waals surface area contributed by atoms with Crippen LogP contribution in [0.5, 0.6) is 11.5 Å². The summed E-state index contributed by atoms with van der Waals surface area (Å²) in [7, 11) is 3.39. The molecule has 0 N–H and O–H groups in total. The van der Waals surface area contributed by atoms with Gasteiger partial charge in [0.05, 0.1) is 48.1 Å². The summed E-state index contributed by atoms with van der Waals surface area (Å²) < 4.78 is 26.3. The normalized spacial score (nSPS) is 16.8. The van der Waals surface area contributed by atoms with Crippen LogP contribution in [0.4, 0.5) is 0 Å². The van der Waals surface area contributed by atoms with Crippen LogP contribution >= 0.6 is 141 Å². The second kappa shape index (κ2) is 17.5. The van der Waals surface area contributed by atoms with Crippen LogP contribution in [0.1, 0.15) is 0 Å². The summed E-state index contributed by atoms with van der Waals surface area (Å²) in [5, 5.41) is 0. The number of rotatable bonds is 8. The fourth-order valence-electron chi connectivity index (χ4n) is 4.77. The molecule has 16 heteroatoms. The van der Waals surface area contributed by atoms with Gasteiger partial charge in [0.2, 0.25) is 0 Å². The van der Waals surface area contributed by atoms with Crippen LogP contribution in [0.25, 0.3) is 11.4 Å². The van der Waals surface area contributed by atoms with Crippen LogP contribution < -0.4 is 9.47 Å². The van der Waals surface area contributed by atoms with Gasteiger partial charge >= 0.3 is 0 Å². The van der Waals surface area contributed by atoms with Crippen molar-refractivity contribution in [1.82, 2.24) is 9.13 Å². The fourth-order valence-corrected chi connectivity index (χ4v) is 20.4. The van der Waals surface area contributed by atoms with Gasteiger partial charge in [0, 0.05) is 55.7 Å². The van der Waals surface area contributed by atoms with Crippen molar-refractivity contribution in [3.8, 4) is 22.9 Å². The first-order valence-electron chi connectivity index (χ1n) is 14.7. The third-order valence-corrected chi connectivity index (χ3v) is 23.7. The first kappa shape index (κ1) is 38.1. The van der Waals surface area contributed by atoms with E-state index in [1.165, 1.54) is 53.5 Å². The van der Waals surface area contributed by atoms with Crippen molar-refractivity contribution < 1.29 is 9.47 Å². The van der Waals surface area contributed by atoms with E-state index in [1.807, 2.05) is 165 Å². The van der Waals surface area contributed by atoms with E-state index < -0.39 is 0 Å². The average molecular weight is 883 g/mol. The molecule has 0 radical (unpaired) electrons. The van der Waals surface area contributed by atoms with Gasteiger partial charge in [0.1, 0.15) is 11.5 Å². The van der Waals surface area contributed by atoms with Crippen LogP contribution in [-0.2, 0) is 0 Å². The maximum Gasteiger partial charge on any atom is 0.119 e. The molecule has 4 aromatic rings. The van der Waals surface area contributed by atoms with Crippen LogP contribution in [0.15, 0.2) is 127 Å². The van der Waals surface area contributed by atoms with Gasteiger partial charge in [-0.25, -0.2) is 0 Å². The van der Waals surface area contributed by atoms with Gasteiger partial charge in [0.25, 0.3) is 0 Å². The molecule has 6 heterocycles. The number of hydrogen-bond acceptors (Lipinski definition) is 14. The van der Waals surface area contributed by atoms with Crippen molar-refractivity contribution in [3.05, 3.63) is 107 Å². The van der Waals surface area contributed by atoms with Crippen molar-refractivity contribution in [2.24, 2.45) is 0 Å². The minimum atomic E-state index is 0.885. The Morgan fingerprint density at radius 2 is 0.660 bits per heavy atom. The lowest BCUT2D eigenvalue weighted by molar-refractivity contribution is 0.414. The first-order valence-corrected chi connectivity index (χ1v) is 26.1. The Kier molecular flexibility index (Phi) is 13.3. The monoisotopic (exact) mass is 882 g/mol. The van der Waals surface area contributed by atoms with Crippen molar-refractivity contribution in [3.63, 3.8) is 0 Å². The molecule has 4 aliphatic heterocycles. The van der Waals surface area contributed by atoms with E-state index in [0.717, 1.165) is 22.9 Å². The Morgan fingerprint density at radius 3 is 0.900 bits per heavy atom. The molecule has 4 nitrogen and oxygen atoms in total. The number of aromatic nitrogens is 2. The highest BCUT2D eigenvalue weighted by molar-refractivity contribution is 8.42. The number of hydrogen-bond donors (Lipinski definition) is 0. The third kappa shape index (κ3) is 8.36. The molecule has 0 bridgehead atoms. The summed E-state index contributed by atoms with van der Waals surface area (Å²) >= 11 is 22.7. The van der Waals surface area contributed by atoms with E-state index in [9.17, 15) is 0 Å². The van der Waals surface area contributed by atoms with Crippen molar-refractivity contribution in [2.75, 3.05) is 39.2 Å². The molecule has 0 spiro atoms. The summed E-state index contributed by atoms with van der Waals surface area (Å²) in [5.41, 5.74) is 2.32. The second-order valence-electron chi connectivity index (χ2n) is 10.1. The quantitative estimate of drug-likeness (QED) is 0.168. The predicted octanol–water partition coefficient (Wildman–Crippen LogP) is 14.3. The smallest absolute Gasteiger partial charge is 0.119 e. The number of methoxy groups -OCH3 is 2. The number of thioether (sulfide) groups is 12. The van der Waals surface area contributed by atoms with Gasteiger partial charge in [0.15, 0.2) is 0 Å². The van der Waals surface area contributed by atoms with E-state index in [2.05, 4.69) is 83.2 Å². The minimum absolute atomic E-state index is 0.885. The van der Waals surface area contributed by atoms with Crippen LogP contribution in [-0.4, -0.2) is 48.4 Å². The fraction of sp³-hybridized carbons (Fsp3) is 0.176. The molecule has 8 rings (SSSR count). The van der Waals surface area contributed by atoms with E-state index >= 15 is 0 Å². The standard InChI is InChI=1S/2C17H15NOS6/c2*1-19-11-6-4-10(5-7-11)18-8-12-13(9-18)23-16(22-12)17-24-14(20-2)15(21-3)25-17/h2*4-9H,1-3H3. The lowest BCUT2D eigenvalue weighted by Gasteiger charge is -2.06. The molecule has 0 aliphatic carbocycles. The Balaban J connectivity index is 0.000000157. The number of ether oxygens (including phenoxy) is 2. The van der Waals surface area contributed by atoms with E-state index in [-0.39, 0.29) is 0 Å². The van der Waals surface area contributed by atoms with Gasteiger partial charge in [-0.05, 0) is 73.6 Å². The molecule has 0 saturated carbocycles. The first-order chi connectivity index (χ1) is 24.4. The molecule has 0 unspecified atom stereocenters. The van der Waals surface area contributed by atoms with Crippen LogP contribution in [0, 0.1) is 0 Å². The summed E-state index contributed by atoms with van der Waals surface area (Å²) in [4.78, 5) is 5.36. The molecule has 0 fully saturated rings. The van der Waals surface area contributed by atoms with Gasteiger partial charge in [-0.1, -0.05) is 94.1 Å². The van der Waals surface area contributed by atoms with Crippen LogP contribution in [0.2, 0.25) is 0 Å². The van der Waals surface area contributed by atoms with Crippen molar-refractivity contribution in [1.29, 1.82) is 0 Å². The van der Waals surface area contributed by atoms with E-state index in [4.69, 9.17) is 9.47 Å². The number of nitrogens with zero attached hydrogens (tertiary/aromatic N) is 2. The summed E-state index contributed by atoms with van der Waals surface area (Å²) in [6.45, 7) is 0. The highest BCUT2D eigenvalue weighted by Crippen LogP contribution is 2.65. The zero-order valence-corrected chi connectivity index (χ0v) is 37.3. The molecule has 0 atom stereocenters. The molecule has 50 heavy (non-hydrogen) atoms. The Labute approximate surface area is 344 Å². The minimum Gasteiger partial charge on any atom is -0.497 e. The molecule has 2 aromatic carbocycles. The zero-order chi connectivity index (χ0) is 34.8. The molecule has 260 valence electrons. The topological polar surface area (TPSA) is 28.3 Å². The molecule has 2 aromatic heterocycles. The van der Waals surface area contributed by atoms with E-state index in [0.29, 0.717) is 0 Å². The number of benzene rings is 2. The van der Waals surface area contributed by atoms with E-state index in [1.54, 1.807) is 14.2 Å². The molecule has 0 saturated heterocycles. The van der Waals surface area contributed by atoms with Gasteiger partial charge in [-0.3, -0.25) is 0 Å². The largest absolute Gasteiger partial charge is 0.497 e. The lowest BCUT2D eigenvalue weighted by Crippen LogP contribution is -1.90. The van der Waals surface area contributed by atoms with Gasteiger partial charge in [-0.2, -0.15) is 0 Å². The highest BCUT2D eigenvalue weighted by atomic mass is 32.3. The van der Waals surface area contributed by atoms with Crippen molar-refractivity contribution >= 4 is 141 Å². The molecular weight excluding hydrogens is 853 g/mol. The Hall–Kier alpha value is -0.240. The summed E-state index contributed by atoms with van der Waals surface area (Å²) in [6.07, 6.45) is 17.6. The number of fused-ring (bicyclic) bond motifs is 2. The van der Waals surface area contributed by atoms with Crippen molar-refractivity contribution in [2.45, 2.75) is 19.6 Å². The highest BCUT2D eigenvalue weighted by Gasteiger charge is 2.30. The van der Waals surface area contributed by atoms with Gasteiger partial charge < -0.3 is 18.6 Å². The molecule has 0 amide bonds. The Morgan fingerprint density at radius 1 is 0.400 bits per heavy atom. The van der Waals surface area contributed by atoms with Crippen LogP contribution in [0.3, 0.4) is 0 Å². The molecule has 4 aliphatic rings. The zero-order valence-electron chi connectivity index (χ0n) is 27.5. The predicted molar refractivity (Wildman–Crippen MR) is 241 cm³/mol. The lowest BCUT2D eigenvalue weighted by atomic mass is 10.3. The third-order valence-electron chi connectivity index (χ3n) is 7.21. The summed E-state index contributed by atoms with van der Waals surface area (Å²) in [5.74, 6) is 1.77. The van der Waals surface area contributed by atoms with Gasteiger partial charge in [-0.15, -0.1) is 47.0 Å². The SMILES string of the molecule is COc1ccc(-n2cc3c(c2)SC(=C2SC(SC)=C(SC)S2)S3)cc1.COc1ccc(-n2cc3c(c2)SC(=C2SC(SC)=C(SC)S2)S3)cc1. The average Bonchev–Trinajstić information content (AvgIpc) is 4.00. The molecular formula is C34H30N2O2S12. The maximum atomic E-state index is 5.24.